The minimum Gasteiger partial charge on any atom is -0.481 e. The smallest absolute Gasteiger partial charge is 0.317 e. The summed E-state index contributed by atoms with van der Waals surface area (Å²) in [5, 5.41) is 35.8. The lowest BCUT2D eigenvalue weighted by Crippen LogP contribution is -2.23. The number of carboxylic acid groups (broad SMARTS) is 4. The second-order valence-electron chi connectivity index (χ2n) is 9.25. The van der Waals surface area contributed by atoms with Crippen LogP contribution in [0.15, 0.2) is 0 Å². The maximum Gasteiger partial charge on any atom is 0.317 e. The molecule has 1 saturated carbocycles. The molecule has 4 atom stereocenters. The molecule has 0 amide bonds. The Morgan fingerprint density at radius 3 is 1.23 bits per heavy atom. The molecule has 0 aromatic heterocycles. The van der Waals surface area contributed by atoms with Crippen molar-refractivity contribution in [2.24, 2.45) is 35.5 Å². The van der Waals surface area contributed by atoms with Crippen molar-refractivity contribution in [2.45, 2.75) is 84.5 Å². The van der Waals surface area contributed by atoms with E-state index < -0.39 is 35.7 Å². The summed E-state index contributed by atoms with van der Waals surface area (Å²) in [6, 6.07) is 0. The summed E-state index contributed by atoms with van der Waals surface area (Å²) in [7, 11) is 0. The van der Waals surface area contributed by atoms with Gasteiger partial charge in [-0.3, -0.25) is 19.2 Å². The fourth-order valence-corrected chi connectivity index (χ4v) is 5.29. The molecule has 0 saturated heterocycles. The standard InChI is InChI=1S/C23H38O8/c1-14-13-15(2)17(10-6-4-8-12-19(22(28)29)23(30)31)16(14)9-5-3-7-11-18(20(24)25)21(26)27/h14-19H,3-13H2,1-2H3,(H,24,25)(H,26,27)(H,28,29)(H,30,31). The highest BCUT2D eigenvalue weighted by Crippen LogP contribution is 2.46. The van der Waals surface area contributed by atoms with Crippen LogP contribution in [0.5, 0.6) is 0 Å². The number of unbranched alkanes of at least 4 members (excludes halogenated alkanes) is 4. The number of rotatable bonds is 16. The third-order valence-electron chi connectivity index (χ3n) is 7.01. The molecule has 0 bridgehead atoms. The molecule has 178 valence electrons. The van der Waals surface area contributed by atoms with Gasteiger partial charge in [0.15, 0.2) is 11.8 Å². The van der Waals surface area contributed by atoms with Crippen LogP contribution in [0.4, 0.5) is 0 Å². The second kappa shape index (κ2) is 13.3. The quantitative estimate of drug-likeness (QED) is 0.203. The molecule has 1 aliphatic rings. The Hall–Kier alpha value is -2.12. The van der Waals surface area contributed by atoms with E-state index in [2.05, 4.69) is 13.8 Å². The molecule has 0 aromatic rings. The van der Waals surface area contributed by atoms with Gasteiger partial charge in [0, 0.05) is 0 Å². The molecule has 0 aliphatic heterocycles. The van der Waals surface area contributed by atoms with Crippen molar-refractivity contribution in [3.8, 4) is 0 Å². The van der Waals surface area contributed by atoms with Gasteiger partial charge in [0.1, 0.15) is 0 Å². The average Bonchev–Trinajstić information content (AvgIpc) is 2.92. The Bertz CT molecular complexity index is 537. The summed E-state index contributed by atoms with van der Waals surface area (Å²) in [6.07, 6.45) is 8.39. The van der Waals surface area contributed by atoms with Crippen molar-refractivity contribution in [1.82, 2.24) is 0 Å². The lowest BCUT2D eigenvalue weighted by Gasteiger charge is -2.25. The Morgan fingerprint density at radius 1 is 0.613 bits per heavy atom. The van der Waals surface area contributed by atoms with E-state index in [0.717, 1.165) is 38.5 Å². The lowest BCUT2D eigenvalue weighted by atomic mass is 9.80. The first-order chi connectivity index (χ1) is 14.6. The van der Waals surface area contributed by atoms with E-state index in [1.807, 2.05) is 0 Å². The van der Waals surface area contributed by atoms with Crippen LogP contribution in [-0.2, 0) is 19.2 Å². The van der Waals surface area contributed by atoms with Crippen LogP contribution in [0.25, 0.3) is 0 Å². The molecule has 8 nitrogen and oxygen atoms in total. The fourth-order valence-electron chi connectivity index (χ4n) is 5.29. The van der Waals surface area contributed by atoms with Crippen LogP contribution in [0.2, 0.25) is 0 Å². The van der Waals surface area contributed by atoms with Gasteiger partial charge in [0.05, 0.1) is 0 Å². The van der Waals surface area contributed by atoms with E-state index in [0.29, 0.717) is 36.5 Å². The summed E-state index contributed by atoms with van der Waals surface area (Å²) >= 11 is 0. The van der Waals surface area contributed by atoms with E-state index in [1.54, 1.807) is 0 Å². The predicted molar refractivity (Wildman–Crippen MR) is 114 cm³/mol. The van der Waals surface area contributed by atoms with Gasteiger partial charge < -0.3 is 20.4 Å². The third-order valence-corrected chi connectivity index (χ3v) is 7.01. The van der Waals surface area contributed by atoms with Crippen LogP contribution < -0.4 is 0 Å². The normalized spacial score (nSPS) is 23.4. The van der Waals surface area contributed by atoms with Crippen molar-refractivity contribution in [3.05, 3.63) is 0 Å². The van der Waals surface area contributed by atoms with Gasteiger partial charge >= 0.3 is 23.9 Å². The first-order valence-corrected chi connectivity index (χ1v) is 11.5. The highest BCUT2D eigenvalue weighted by atomic mass is 16.4. The lowest BCUT2D eigenvalue weighted by molar-refractivity contribution is -0.156. The molecule has 0 heterocycles. The van der Waals surface area contributed by atoms with Crippen LogP contribution in [0.1, 0.15) is 84.5 Å². The van der Waals surface area contributed by atoms with Gasteiger partial charge in [-0.1, -0.05) is 52.4 Å². The van der Waals surface area contributed by atoms with E-state index in [4.69, 9.17) is 20.4 Å². The van der Waals surface area contributed by atoms with Crippen molar-refractivity contribution >= 4 is 23.9 Å². The SMILES string of the molecule is CC1CC(C)C(CCCCCC(C(=O)O)C(=O)O)C1CCCCCC(C(=O)O)C(=O)O. The molecule has 31 heavy (non-hydrogen) atoms. The van der Waals surface area contributed by atoms with Gasteiger partial charge in [-0.05, 0) is 55.8 Å². The Balaban J connectivity index is 2.37. The zero-order chi connectivity index (χ0) is 23.6. The largest absolute Gasteiger partial charge is 0.481 e. The van der Waals surface area contributed by atoms with E-state index in [-0.39, 0.29) is 12.8 Å². The van der Waals surface area contributed by atoms with Gasteiger partial charge in [0.2, 0.25) is 0 Å². The van der Waals surface area contributed by atoms with E-state index in [9.17, 15) is 19.2 Å². The number of hydrogen-bond donors (Lipinski definition) is 4. The minimum atomic E-state index is -1.32. The zero-order valence-electron chi connectivity index (χ0n) is 18.7. The van der Waals surface area contributed by atoms with Gasteiger partial charge in [-0.15, -0.1) is 0 Å². The molecule has 0 radical (unpaired) electrons. The van der Waals surface area contributed by atoms with Crippen LogP contribution >= 0.6 is 0 Å². The van der Waals surface area contributed by atoms with Crippen LogP contribution in [0.3, 0.4) is 0 Å². The molecular weight excluding hydrogens is 404 g/mol. The molecule has 4 N–H and O–H groups in total. The Kier molecular flexibility index (Phi) is 11.6. The molecule has 0 spiro atoms. The number of carboxylic acids is 4. The molecule has 0 aromatic carbocycles. The van der Waals surface area contributed by atoms with Crippen molar-refractivity contribution in [1.29, 1.82) is 0 Å². The summed E-state index contributed by atoms with van der Waals surface area (Å²) in [5.74, 6) is -5.31. The van der Waals surface area contributed by atoms with Crippen molar-refractivity contribution < 1.29 is 39.6 Å². The molecule has 1 rings (SSSR count). The van der Waals surface area contributed by atoms with Gasteiger partial charge in [0.25, 0.3) is 0 Å². The highest BCUT2D eigenvalue weighted by molar-refractivity contribution is 5.93. The first kappa shape index (κ1) is 26.9. The van der Waals surface area contributed by atoms with Crippen LogP contribution in [0, 0.1) is 35.5 Å². The third kappa shape index (κ3) is 8.87. The molecule has 8 heteroatoms. The molecule has 1 aliphatic carbocycles. The molecular formula is C23H38O8. The maximum atomic E-state index is 10.9. The topological polar surface area (TPSA) is 149 Å². The average molecular weight is 443 g/mol. The monoisotopic (exact) mass is 442 g/mol. The van der Waals surface area contributed by atoms with Gasteiger partial charge in [-0.2, -0.15) is 0 Å². The summed E-state index contributed by atoms with van der Waals surface area (Å²) < 4.78 is 0. The Labute approximate surface area is 184 Å². The summed E-state index contributed by atoms with van der Waals surface area (Å²) in [5.41, 5.74) is 0. The number of aliphatic carboxylic acids is 4. The summed E-state index contributed by atoms with van der Waals surface area (Å²) in [6.45, 7) is 4.55. The fraction of sp³-hybridized carbons (Fsp3) is 0.826. The highest BCUT2D eigenvalue weighted by Gasteiger charge is 2.37. The van der Waals surface area contributed by atoms with Crippen molar-refractivity contribution in [3.63, 3.8) is 0 Å². The summed E-state index contributed by atoms with van der Waals surface area (Å²) in [4.78, 5) is 43.8. The van der Waals surface area contributed by atoms with Crippen molar-refractivity contribution in [2.75, 3.05) is 0 Å². The number of hydrogen-bond acceptors (Lipinski definition) is 4. The van der Waals surface area contributed by atoms with E-state index >= 15 is 0 Å². The molecule has 1 fully saturated rings. The minimum absolute atomic E-state index is 0.165. The molecule has 4 unspecified atom stereocenters. The number of carbonyl (C=O) groups is 4. The second-order valence-corrected chi connectivity index (χ2v) is 9.25. The first-order valence-electron chi connectivity index (χ1n) is 11.5. The van der Waals surface area contributed by atoms with E-state index in [1.165, 1.54) is 6.42 Å². The Morgan fingerprint density at radius 2 is 0.935 bits per heavy atom. The zero-order valence-corrected chi connectivity index (χ0v) is 18.7. The van der Waals surface area contributed by atoms with Gasteiger partial charge in [-0.25, -0.2) is 0 Å². The maximum absolute atomic E-state index is 10.9. The predicted octanol–water partition coefficient (Wildman–Crippen LogP) is 4.37. The van der Waals surface area contributed by atoms with Crippen LogP contribution in [-0.4, -0.2) is 44.3 Å².